The highest BCUT2D eigenvalue weighted by Gasteiger charge is 2.23. The van der Waals surface area contributed by atoms with Crippen LogP contribution in [-0.2, 0) is 11.2 Å². The van der Waals surface area contributed by atoms with Gasteiger partial charge in [0.2, 0.25) is 5.91 Å². The van der Waals surface area contributed by atoms with E-state index in [1.54, 1.807) is 11.9 Å². The molecule has 1 aromatic carbocycles. The third-order valence-electron chi connectivity index (χ3n) is 2.29. The minimum Gasteiger partial charge on any atom is -0.286 e. The monoisotopic (exact) mass is 207 g/mol. The summed E-state index contributed by atoms with van der Waals surface area (Å²) in [6, 6.07) is 10.4. The van der Waals surface area contributed by atoms with E-state index in [9.17, 15) is 4.79 Å². The third-order valence-corrected chi connectivity index (χ3v) is 3.37. The first-order valence-corrected chi connectivity index (χ1v) is 5.78. The lowest BCUT2D eigenvalue weighted by Crippen LogP contribution is -2.37. The minimum atomic E-state index is 0.281. The van der Waals surface area contributed by atoms with Crippen LogP contribution >= 0.6 is 11.9 Å². The molecule has 1 amide bonds. The number of carbonyl (C=O) groups excluding carboxylic acids is 1. The van der Waals surface area contributed by atoms with E-state index in [-0.39, 0.29) is 5.91 Å². The zero-order chi connectivity index (χ0) is 9.80. The van der Waals surface area contributed by atoms with Crippen molar-refractivity contribution in [2.24, 2.45) is 0 Å². The van der Waals surface area contributed by atoms with Gasteiger partial charge in [-0.2, -0.15) is 0 Å². The van der Waals surface area contributed by atoms with Crippen LogP contribution in [-0.4, -0.2) is 22.5 Å². The van der Waals surface area contributed by atoms with Crippen molar-refractivity contribution in [2.45, 2.75) is 12.8 Å². The average molecular weight is 207 g/mol. The van der Waals surface area contributed by atoms with Crippen LogP contribution in [0.25, 0.3) is 0 Å². The van der Waals surface area contributed by atoms with Gasteiger partial charge in [-0.15, -0.1) is 0 Å². The Hall–Kier alpha value is -0.960. The zero-order valence-corrected chi connectivity index (χ0v) is 8.80. The second-order valence-corrected chi connectivity index (χ2v) is 4.42. The van der Waals surface area contributed by atoms with Crippen LogP contribution in [0.5, 0.6) is 0 Å². The Bertz CT molecular complexity index is 312. The fraction of sp³-hybridized carbons (Fsp3) is 0.364. The van der Waals surface area contributed by atoms with Crippen LogP contribution < -0.4 is 0 Å². The molecule has 3 heteroatoms. The van der Waals surface area contributed by atoms with Crippen LogP contribution in [0.2, 0.25) is 0 Å². The molecule has 2 rings (SSSR count). The van der Waals surface area contributed by atoms with E-state index < -0.39 is 0 Å². The first-order chi connectivity index (χ1) is 6.86. The standard InChI is InChI=1S/C11H13NOS/c13-11-6-8-12(11)14-9-7-10-4-2-1-3-5-10/h1-5H,6-9H2. The summed E-state index contributed by atoms with van der Waals surface area (Å²) in [5.74, 6) is 1.28. The first-order valence-electron chi connectivity index (χ1n) is 4.83. The van der Waals surface area contributed by atoms with Crippen LogP contribution in [0.15, 0.2) is 30.3 Å². The minimum absolute atomic E-state index is 0.281. The summed E-state index contributed by atoms with van der Waals surface area (Å²) in [6.07, 6.45) is 1.77. The Morgan fingerprint density at radius 1 is 1.29 bits per heavy atom. The van der Waals surface area contributed by atoms with Crippen molar-refractivity contribution in [1.82, 2.24) is 4.31 Å². The summed E-state index contributed by atoms with van der Waals surface area (Å²) >= 11 is 1.65. The van der Waals surface area contributed by atoms with Gasteiger partial charge in [0.05, 0.1) is 0 Å². The van der Waals surface area contributed by atoms with Gasteiger partial charge >= 0.3 is 0 Å². The summed E-state index contributed by atoms with van der Waals surface area (Å²) in [5.41, 5.74) is 1.34. The lowest BCUT2D eigenvalue weighted by atomic mass is 10.2. The van der Waals surface area contributed by atoms with Gasteiger partial charge in [-0.3, -0.25) is 9.10 Å². The summed E-state index contributed by atoms with van der Waals surface area (Å²) in [7, 11) is 0. The van der Waals surface area contributed by atoms with Gasteiger partial charge in [-0.05, 0) is 23.9 Å². The molecule has 0 N–H and O–H groups in total. The zero-order valence-electron chi connectivity index (χ0n) is 7.98. The summed E-state index contributed by atoms with van der Waals surface area (Å²) in [4.78, 5) is 11.0. The molecule has 0 aliphatic carbocycles. The van der Waals surface area contributed by atoms with Gasteiger partial charge < -0.3 is 0 Å². The molecule has 1 aliphatic heterocycles. The molecular weight excluding hydrogens is 194 g/mol. The second-order valence-electron chi connectivity index (χ2n) is 3.31. The predicted octanol–water partition coefficient (Wildman–Crippen LogP) is 2.11. The number of hydrogen-bond donors (Lipinski definition) is 0. The third kappa shape index (κ3) is 2.29. The molecule has 0 atom stereocenters. The van der Waals surface area contributed by atoms with E-state index in [0.717, 1.165) is 25.1 Å². The SMILES string of the molecule is O=C1CCN1SCCc1ccccc1. The molecule has 2 nitrogen and oxygen atoms in total. The molecule has 0 spiro atoms. The number of rotatable bonds is 4. The Morgan fingerprint density at radius 2 is 2.07 bits per heavy atom. The summed E-state index contributed by atoms with van der Waals surface area (Å²) < 4.78 is 1.85. The predicted molar refractivity (Wildman–Crippen MR) is 58.9 cm³/mol. The van der Waals surface area contributed by atoms with E-state index >= 15 is 0 Å². The lowest BCUT2D eigenvalue weighted by Gasteiger charge is -2.28. The highest BCUT2D eigenvalue weighted by Crippen LogP contribution is 2.20. The second kappa shape index (κ2) is 4.51. The molecule has 1 heterocycles. The van der Waals surface area contributed by atoms with Crippen molar-refractivity contribution in [3.05, 3.63) is 35.9 Å². The van der Waals surface area contributed by atoms with Crippen molar-refractivity contribution in [3.63, 3.8) is 0 Å². The number of carbonyl (C=O) groups is 1. The highest BCUT2D eigenvalue weighted by atomic mass is 32.2. The lowest BCUT2D eigenvalue weighted by molar-refractivity contribution is -0.132. The number of nitrogens with zero attached hydrogens (tertiary/aromatic N) is 1. The molecule has 0 bridgehead atoms. The quantitative estimate of drug-likeness (QED) is 0.556. The van der Waals surface area contributed by atoms with E-state index in [4.69, 9.17) is 0 Å². The average Bonchev–Trinajstić information content (AvgIpc) is 2.24. The normalized spacial score (nSPS) is 15.4. The maximum atomic E-state index is 11.0. The Balaban J connectivity index is 1.70. The molecular formula is C11H13NOS. The number of aryl methyl sites for hydroxylation is 1. The van der Waals surface area contributed by atoms with Gasteiger partial charge in [0.1, 0.15) is 0 Å². The van der Waals surface area contributed by atoms with Crippen LogP contribution in [0, 0.1) is 0 Å². The summed E-state index contributed by atoms with van der Waals surface area (Å²) in [5, 5.41) is 0. The highest BCUT2D eigenvalue weighted by molar-refractivity contribution is 7.97. The topological polar surface area (TPSA) is 20.3 Å². The Morgan fingerprint density at radius 3 is 2.64 bits per heavy atom. The Labute approximate surface area is 88.4 Å². The van der Waals surface area contributed by atoms with Crippen LogP contribution in [0.4, 0.5) is 0 Å². The van der Waals surface area contributed by atoms with E-state index in [0.29, 0.717) is 0 Å². The Kier molecular flexibility index (Phi) is 3.09. The molecule has 1 aromatic rings. The van der Waals surface area contributed by atoms with Crippen molar-refractivity contribution in [3.8, 4) is 0 Å². The fourth-order valence-corrected chi connectivity index (χ4v) is 2.35. The molecule has 14 heavy (non-hydrogen) atoms. The fourth-order valence-electron chi connectivity index (χ4n) is 1.35. The van der Waals surface area contributed by atoms with Gasteiger partial charge in [0, 0.05) is 18.7 Å². The number of benzene rings is 1. The smallest absolute Gasteiger partial charge is 0.234 e. The number of amides is 1. The summed E-state index contributed by atoms with van der Waals surface area (Å²) in [6.45, 7) is 0.929. The largest absolute Gasteiger partial charge is 0.286 e. The molecule has 74 valence electrons. The van der Waals surface area contributed by atoms with Crippen molar-refractivity contribution >= 4 is 17.9 Å². The van der Waals surface area contributed by atoms with Crippen LogP contribution in [0.1, 0.15) is 12.0 Å². The first kappa shape index (κ1) is 9.59. The van der Waals surface area contributed by atoms with Crippen LogP contribution in [0.3, 0.4) is 0 Å². The van der Waals surface area contributed by atoms with Gasteiger partial charge in [0.25, 0.3) is 0 Å². The molecule has 1 aliphatic rings. The van der Waals surface area contributed by atoms with Crippen molar-refractivity contribution in [1.29, 1.82) is 0 Å². The molecule has 0 radical (unpaired) electrons. The number of β-lactam (4-membered cyclic amide) rings is 1. The van der Waals surface area contributed by atoms with E-state index in [1.165, 1.54) is 5.56 Å². The number of hydrogen-bond acceptors (Lipinski definition) is 2. The molecule has 0 aromatic heterocycles. The maximum absolute atomic E-state index is 11.0. The van der Waals surface area contributed by atoms with Gasteiger partial charge in [-0.25, -0.2) is 0 Å². The van der Waals surface area contributed by atoms with E-state index in [1.807, 2.05) is 10.4 Å². The molecule has 0 saturated carbocycles. The molecule has 0 unspecified atom stereocenters. The van der Waals surface area contributed by atoms with E-state index in [2.05, 4.69) is 24.3 Å². The van der Waals surface area contributed by atoms with Gasteiger partial charge in [0.15, 0.2) is 0 Å². The van der Waals surface area contributed by atoms with Crippen molar-refractivity contribution in [2.75, 3.05) is 12.3 Å². The maximum Gasteiger partial charge on any atom is 0.234 e. The van der Waals surface area contributed by atoms with Gasteiger partial charge in [-0.1, -0.05) is 30.3 Å². The van der Waals surface area contributed by atoms with Crippen molar-refractivity contribution < 1.29 is 4.79 Å². The molecule has 1 fully saturated rings. The molecule has 1 saturated heterocycles.